The van der Waals surface area contributed by atoms with E-state index in [2.05, 4.69) is 15.8 Å². The molecule has 1 fully saturated rings. The number of alkyl halides is 3. The molecule has 0 radical (unpaired) electrons. The number of ether oxygens (including phenoxy) is 1. The molecule has 2 rings (SSSR count). The van der Waals surface area contributed by atoms with Crippen molar-refractivity contribution in [2.24, 2.45) is 0 Å². The fourth-order valence-electron chi connectivity index (χ4n) is 2.39. The molecule has 0 spiro atoms. The van der Waals surface area contributed by atoms with Crippen LogP contribution in [0.15, 0.2) is 18.2 Å². The van der Waals surface area contributed by atoms with Crippen LogP contribution in [0.5, 0.6) is 0 Å². The average Bonchev–Trinajstić information content (AvgIpc) is 2.90. The number of hydrazine groups is 1. The van der Waals surface area contributed by atoms with Gasteiger partial charge in [0, 0.05) is 6.42 Å². The molecule has 1 aromatic carbocycles. The molecule has 0 unspecified atom stereocenters. The third-order valence-corrected chi connectivity index (χ3v) is 5.77. The summed E-state index contributed by atoms with van der Waals surface area (Å²) in [5.41, 5.74) is 3.81. The highest BCUT2D eigenvalue weighted by molar-refractivity contribution is 7.91. The third kappa shape index (κ3) is 5.99. The Kier molecular flexibility index (Phi) is 6.58. The van der Waals surface area contributed by atoms with Gasteiger partial charge in [-0.25, -0.2) is 18.6 Å². The van der Waals surface area contributed by atoms with E-state index in [9.17, 15) is 26.4 Å². The molecule has 0 aromatic heterocycles. The molecular formula is C15H18ClF3N3O4S+. The Bertz CT molecular complexity index is 843. The number of esters is 1. The molecule has 27 heavy (non-hydrogen) atoms. The van der Waals surface area contributed by atoms with Crippen LogP contribution in [0.3, 0.4) is 0 Å². The van der Waals surface area contributed by atoms with E-state index in [4.69, 9.17) is 16.3 Å². The van der Waals surface area contributed by atoms with Gasteiger partial charge in [0.15, 0.2) is 9.84 Å². The van der Waals surface area contributed by atoms with Crippen LogP contribution in [0.2, 0.25) is 5.02 Å². The highest BCUT2D eigenvalue weighted by Crippen LogP contribution is 2.33. The number of hydrogen-bond acceptors (Lipinski definition) is 5. The number of sulfone groups is 1. The number of anilines is 1. The maximum Gasteiger partial charge on any atom is 0.423 e. The first-order chi connectivity index (χ1) is 12.5. The highest BCUT2D eigenvalue weighted by atomic mass is 35.5. The topological polar surface area (TPSA) is 98.5 Å². The number of carbonyl (C=O) groups is 1. The number of rotatable bonds is 4. The normalized spacial score (nSPS) is 19.6. The molecule has 1 saturated heterocycles. The minimum Gasteiger partial charge on any atom is -0.457 e. The number of amidine groups is 1. The van der Waals surface area contributed by atoms with E-state index in [-0.39, 0.29) is 41.1 Å². The lowest BCUT2D eigenvalue weighted by molar-refractivity contribution is -0.497. The molecule has 0 aliphatic carbocycles. The van der Waals surface area contributed by atoms with Gasteiger partial charge in [-0.2, -0.15) is 18.6 Å². The van der Waals surface area contributed by atoms with Crippen molar-refractivity contribution in [3.05, 3.63) is 28.8 Å². The minimum absolute atomic E-state index is 0.0119. The Labute approximate surface area is 158 Å². The summed E-state index contributed by atoms with van der Waals surface area (Å²) in [6.07, 6.45) is -4.28. The Balaban J connectivity index is 2.20. The molecule has 3 N–H and O–H groups in total. The van der Waals surface area contributed by atoms with Crippen molar-refractivity contribution in [3.8, 4) is 0 Å². The first-order valence-corrected chi connectivity index (χ1v) is 10.1. The molecule has 7 nitrogen and oxygen atoms in total. The molecule has 1 heterocycles. The van der Waals surface area contributed by atoms with Gasteiger partial charge in [-0.15, -0.1) is 0 Å². The molecule has 1 aliphatic heterocycles. The largest absolute Gasteiger partial charge is 0.457 e. The SMILES string of the molecule is CCOC(=O)C(NNc1cc(C(F)(F)F)ccc1Cl)=[NH+][C@@H]1CCS(=O)(=O)C1. The summed E-state index contributed by atoms with van der Waals surface area (Å²) < 4.78 is 66.4. The predicted octanol–water partition coefficient (Wildman–Crippen LogP) is 0.505. The van der Waals surface area contributed by atoms with Gasteiger partial charge >= 0.3 is 18.0 Å². The fraction of sp³-hybridized carbons (Fsp3) is 0.467. The van der Waals surface area contributed by atoms with Crippen LogP contribution in [0.25, 0.3) is 0 Å². The molecule has 1 aromatic rings. The Morgan fingerprint density at radius 3 is 2.67 bits per heavy atom. The monoisotopic (exact) mass is 428 g/mol. The Morgan fingerprint density at radius 2 is 2.11 bits per heavy atom. The van der Waals surface area contributed by atoms with Crippen LogP contribution < -0.4 is 15.8 Å². The molecule has 1 aliphatic rings. The van der Waals surface area contributed by atoms with E-state index in [0.29, 0.717) is 0 Å². The summed E-state index contributed by atoms with van der Waals surface area (Å²) in [6, 6.07) is 2.14. The van der Waals surface area contributed by atoms with Crippen LogP contribution in [0.4, 0.5) is 18.9 Å². The van der Waals surface area contributed by atoms with Crippen molar-refractivity contribution < 1.29 is 36.1 Å². The maximum absolute atomic E-state index is 12.8. The van der Waals surface area contributed by atoms with E-state index >= 15 is 0 Å². The standard InChI is InChI=1S/C15H17ClF3N3O4S/c1-2-26-14(23)13(20-10-5-6-27(24,25)8-10)22-21-12-7-9(15(17,18)19)3-4-11(12)16/h3-4,7,10,21H,2,5-6,8H2,1H3,(H,20,22)/p+1/t10-/m1/s1. The highest BCUT2D eigenvalue weighted by Gasteiger charge is 2.33. The lowest BCUT2D eigenvalue weighted by Crippen LogP contribution is -2.84. The van der Waals surface area contributed by atoms with Gasteiger partial charge in [0.1, 0.15) is 6.04 Å². The number of halogens is 4. The maximum atomic E-state index is 12.8. The van der Waals surface area contributed by atoms with Crippen molar-refractivity contribution in [3.63, 3.8) is 0 Å². The van der Waals surface area contributed by atoms with Gasteiger partial charge in [-0.1, -0.05) is 11.6 Å². The first kappa shape index (κ1) is 21.3. The zero-order valence-corrected chi connectivity index (χ0v) is 15.8. The van der Waals surface area contributed by atoms with Gasteiger partial charge in [0.25, 0.3) is 0 Å². The van der Waals surface area contributed by atoms with Gasteiger partial charge in [0.2, 0.25) is 0 Å². The number of nitrogens with one attached hydrogen (secondary N) is 3. The predicted molar refractivity (Wildman–Crippen MR) is 92.9 cm³/mol. The number of carbonyl (C=O) groups excluding carboxylic acids is 1. The number of hydrogen-bond donors (Lipinski definition) is 3. The fourth-order valence-corrected chi connectivity index (χ4v) is 4.23. The summed E-state index contributed by atoms with van der Waals surface area (Å²) in [5.74, 6) is -1.24. The lowest BCUT2D eigenvalue weighted by Gasteiger charge is -2.11. The molecule has 1 atom stereocenters. The van der Waals surface area contributed by atoms with E-state index in [1.54, 1.807) is 6.92 Å². The minimum atomic E-state index is -4.56. The molecule has 0 amide bonds. The summed E-state index contributed by atoms with van der Waals surface area (Å²) in [5, 5.41) is -0.0119. The number of benzene rings is 1. The van der Waals surface area contributed by atoms with E-state index in [0.717, 1.165) is 18.2 Å². The van der Waals surface area contributed by atoms with E-state index in [1.807, 2.05) is 0 Å². The summed E-state index contributed by atoms with van der Waals surface area (Å²) in [6.45, 7) is 1.63. The van der Waals surface area contributed by atoms with Crippen LogP contribution >= 0.6 is 11.6 Å². The van der Waals surface area contributed by atoms with Crippen LogP contribution in [0, 0.1) is 0 Å². The van der Waals surface area contributed by atoms with Gasteiger partial charge in [-0.3, -0.25) is 4.99 Å². The van der Waals surface area contributed by atoms with Crippen LogP contribution in [0.1, 0.15) is 18.9 Å². The van der Waals surface area contributed by atoms with Crippen molar-refractivity contribution >= 4 is 38.9 Å². The summed E-state index contributed by atoms with van der Waals surface area (Å²) in [4.78, 5) is 14.8. The second-order valence-corrected chi connectivity index (χ2v) is 8.42. The lowest BCUT2D eigenvalue weighted by atomic mass is 10.2. The second kappa shape index (κ2) is 8.34. The summed E-state index contributed by atoms with van der Waals surface area (Å²) >= 11 is 5.88. The molecule has 12 heteroatoms. The summed E-state index contributed by atoms with van der Waals surface area (Å²) in [7, 11) is -3.20. The van der Waals surface area contributed by atoms with E-state index < -0.39 is 33.6 Å². The van der Waals surface area contributed by atoms with Crippen LogP contribution in [-0.2, 0) is 25.5 Å². The van der Waals surface area contributed by atoms with Gasteiger partial charge < -0.3 is 4.74 Å². The van der Waals surface area contributed by atoms with Gasteiger partial charge in [0.05, 0.1) is 34.4 Å². The molecular weight excluding hydrogens is 411 g/mol. The van der Waals surface area contributed by atoms with Gasteiger partial charge in [-0.05, 0) is 25.1 Å². The average molecular weight is 429 g/mol. The van der Waals surface area contributed by atoms with Crippen molar-refractivity contribution in [2.75, 3.05) is 23.5 Å². The second-order valence-electron chi connectivity index (χ2n) is 5.78. The quantitative estimate of drug-likeness (QED) is 0.280. The van der Waals surface area contributed by atoms with Crippen molar-refractivity contribution in [1.29, 1.82) is 0 Å². The third-order valence-electron chi connectivity index (χ3n) is 3.68. The molecule has 0 bridgehead atoms. The first-order valence-electron chi connectivity index (χ1n) is 7.91. The Morgan fingerprint density at radius 1 is 1.41 bits per heavy atom. The molecule has 150 valence electrons. The van der Waals surface area contributed by atoms with E-state index in [1.165, 1.54) is 0 Å². The zero-order chi connectivity index (χ0) is 20.2. The van der Waals surface area contributed by atoms with Crippen LogP contribution in [-0.4, -0.2) is 44.4 Å². The Hall–Kier alpha value is -2.01. The smallest absolute Gasteiger partial charge is 0.423 e. The molecule has 0 saturated carbocycles. The van der Waals surface area contributed by atoms with Crippen molar-refractivity contribution in [2.45, 2.75) is 25.6 Å². The zero-order valence-electron chi connectivity index (χ0n) is 14.2. The van der Waals surface area contributed by atoms with Crippen molar-refractivity contribution in [1.82, 2.24) is 5.43 Å².